The van der Waals surface area contributed by atoms with Crippen LogP contribution in [0.5, 0.6) is 0 Å². The topological polar surface area (TPSA) is 129 Å². The maximum Gasteiger partial charge on any atom is 0.411 e. The molecule has 33 heavy (non-hydrogen) atoms. The first kappa shape index (κ1) is 26.0. The van der Waals surface area contributed by atoms with Crippen molar-refractivity contribution < 1.29 is 38.1 Å². The summed E-state index contributed by atoms with van der Waals surface area (Å²) in [6, 6.07) is 7.56. The van der Waals surface area contributed by atoms with Crippen LogP contribution in [0.1, 0.15) is 34.6 Å². The molecule has 10 nitrogen and oxygen atoms in total. The van der Waals surface area contributed by atoms with E-state index in [-0.39, 0.29) is 19.8 Å². The monoisotopic (exact) mass is 464 g/mol. The molecule has 182 valence electrons. The zero-order valence-electron chi connectivity index (χ0n) is 19.6. The largest absolute Gasteiger partial charge is 0.466 e. The number of nitrogens with one attached hydrogen (secondary N) is 2. The molecule has 1 fully saturated rings. The number of esters is 2. The average Bonchev–Trinajstić information content (AvgIpc) is 3.44. The fraction of sp³-hybridized carbons (Fsp3) is 0.565. The Morgan fingerprint density at radius 3 is 2.15 bits per heavy atom. The molecule has 10 heteroatoms. The van der Waals surface area contributed by atoms with E-state index in [0.29, 0.717) is 5.69 Å². The molecular formula is C23H32N2O8. The Balaban J connectivity index is 2.11. The zero-order valence-corrected chi connectivity index (χ0v) is 19.6. The van der Waals surface area contributed by atoms with Gasteiger partial charge in [-0.25, -0.2) is 14.4 Å². The highest BCUT2D eigenvalue weighted by Gasteiger charge is 2.62. The molecule has 2 N–H and O–H groups in total. The Kier molecular flexibility index (Phi) is 9.07. The van der Waals surface area contributed by atoms with E-state index < -0.39 is 53.5 Å². The fourth-order valence-electron chi connectivity index (χ4n) is 3.47. The van der Waals surface area contributed by atoms with Crippen molar-refractivity contribution in [1.82, 2.24) is 5.32 Å². The number of para-hydroxylation sites is 1. The highest BCUT2D eigenvalue weighted by Crippen LogP contribution is 2.50. The van der Waals surface area contributed by atoms with Crippen molar-refractivity contribution >= 4 is 29.8 Å². The van der Waals surface area contributed by atoms with E-state index in [1.165, 1.54) is 0 Å². The molecule has 0 heterocycles. The highest BCUT2D eigenvalue weighted by molar-refractivity contribution is 5.86. The van der Waals surface area contributed by atoms with E-state index in [2.05, 4.69) is 10.6 Å². The first-order valence-corrected chi connectivity index (χ1v) is 10.9. The van der Waals surface area contributed by atoms with Crippen LogP contribution in [-0.2, 0) is 28.5 Å². The fourth-order valence-corrected chi connectivity index (χ4v) is 3.47. The minimum Gasteiger partial charge on any atom is -0.466 e. The summed E-state index contributed by atoms with van der Waals surface area (Å²) in [7, 11) is 0. The smallest absolute Gasteiger partial charge is 0.411 e. The number of benzene rings is 1. The summed E-state index contributed by atoms with van der Waals surface area (Å²) in [5.74, 6) is -3.23. The van der Waals surface area contributed by atoms with Crippen LogP contribution >= 0.6 is 0 Å². The van der Waals surface area contributed by atoms with Gasteiger partial charge in [0.05, 0.1) is 25.7 Å². The molecule has 2 amide bonds. The van der Waals surface area contributed by atoms with Crippen LogP contribution in [0.3, 0.4) is 0 Å². The number of hydrogen-bond acceptors (Lipinski definition) is 8. The SMILES string of the molecule is CCOC(=O)C(NC(=O)OC(C)(C)C)C1C(COC(=O)Nc2ccccc2)C1C(=O)OCC. The molecule has 0 radical (unpaired) electrons. The van der Waals surface area contributed by atoms with Crippen molar-refractivity contribution in [1.29, 1.82) is 0 Å². The van der Waals surface area contributed by atoms with Gasteiger partial charge in [-0.3, -0.25) is 10.1 Å². The Hall–Kier alpha value is -3.30. The Morgan fingerprint density at radius 2 is 1.58 bits per heavy atom. The normalized spacial score (nSPS) is 20.1. The van der Waals surface area contributed by atoms with Crippen molar-refractivity contribution in [2.24, 2.45) is 17.8 Å². The molecule has 2 rings (SSSR count). The lowest BCUT2D eigenvalue weighted by molar-refractivity contribution is -0.147. The van der Waals surface area contributed by atoms with E-state index >= 15 is 0 Å². The molecule has 1 aromatic rings. The van der Waals surface area contributed by atoms with Gasteiger partial charge in [0.2, 0.25) is 0 Å². The number of ether oxygens (including phenoxy) is 4. The standard InChI is InChI=1S/C23H32N2O8/c1-6-30-19(26)17-15(13-32-21(28)24-14-11-9-8-10-12-14)16(17)18(20(27)31-7-2)25-22(29)33-23(3,4)5/h8-12,15-18H,6-7,13H2,1-5H3,(H,24,28)(H,25,29). The van der Waals surface area contributed by atoms with Gasteiger partial charge in [-0.15, -0.1) is 0 Å². The zero-order chi connectivity index (χ0) is 24.6. The second kappa shape index (κ2) is 11.5. The molecular weight excluding hydrogens is 432 g/mol. The number of carbonyl (C=O) groups is 4. The lowest BCUT2D eigenvalue weighted by Gasteiger charge is -2.23. The van der Waals surface area contributed by atoms with Gasteiger partial charge in [-0.1, -0.05) is 18.2 Å². The average molecular weight is 465 g/mol. The van der Waals surface area contributed by atoms with Gasteiger partial charge < -0.3 is 24.3 Å². The number of hydrogen-bond donors (Lipinski definition) is 2. The Morgan fingerprint density at radius 1 is 0.939 bits per heavy atom. The molecule has 1 aliphatic carbocycles. The molecule has 0 bridgehead atoms. The first-order valence-electron chi connectivity index (χ1n) is 10.9. The predicted molar refractivity (Wildman–Crippen MR) is 118 cm³/mol. The van der Waals surface area contributed by atoms with Crippen LogP contribution in [0.4, 0.5) is 15.3 Å². The minimum atomic E-state index is -1.17. The predicted octanol–water partition coefficient (Wildman–Crippen LogP) is 3.12. The molecule has 0 spiro atoms. The van der Waals surface area contributed by atoms with Crippen LogP contribution in [0.15, 0.2) is 30.3 Å². The molecule has 1 saturated carbocycles. The summed E-state index contributed by atoms with van der Waals surface area (Å²) in [6.07, 6.45) is -1.53. The van der Waals surface area contributed by atoms with Gasteiger partial charge in [0.15, 0.2) is 0 Å². The second-order valence-corrected chi connectivity index (χ2v) is 8.48. The van der Waals surface area contributed by atoms with Crippen LogP contribution in [0.25, 0.3) is 0 Å². The lowest BCUT2D eigenvalue weighted by Crippen LogP contribution is -2.46. The number of carbonyl (C=O) groups excluding carboxylic acids is 4. The van der Waals surface area contributed by atoms with E-state index in [0.717, 1.165) is 0 Å². The van der Waals surface area contributed by atoms with Crippen molar-refractivity contribution in [2.75, 3.05) is 25.1 Å². The molecule has 0 saturated heterocycles. The van der Waals surface area contributed by atoms with Gasteiger partial charge >= 0.3 is 24.1 Å². The van der Waals surface area contributed by atoms with E-state index in [1.54, 1.807) is 58.9 Å². The van der Waals surface area contributed by atoms with Gasteiger partial charge in [-0.05, 0) is 46.8 Å². The molecule has 4 unspecified atom stereocenters. The second-order valence-electron chi connectivity index (χ2n) is 8.48. The van der Waals surface area contributed by atoms with E-state index in [1.807, 2.05) is 6.07 Å². The van der Waals surface area contributed by atoms with Crippen molar-refractivity contribution in [3.8, 4) is 0 Å². The van der Waals surface area contributed by atoms with Crippen LogP contribution < -0.4 is 10.6 Å². The van der Waals surface area contributed by atoms with Crippen LogP contribution in [0, 0.1) is 17.8 Å². The third-order valence-electron chi connectivity index (χ3n) is 4.81. The number of anilines is 1. The third kappa shape index (κ3) is 7.96. The summed E-state index contributed by atoms with van der Waals surface area (Å²) >= 11 is 0. The Bertz CT molecular complexity index is 837. The van der Waals surface area contributed by atoms with Crippen molar-refractivity contribution in [3.63, 3.8) is 0 Å². The highest BCUT2D eigenvalue weighted by atomic mass is 16.6. The summed E-state index contributed by atoms with van der Waals surface area (Å²) < 4.78 is 20.7. The van der Waals surface area contributed by atoms with Gasteiger partial charge in [0.25, 0.3) is 0 Å². The van der Waals surface area contributed by atoms with Gasteiger partial charge in [0, 0.05) is 17.5 Å². The van der Waals surface area contributed by atoms with Gasteiger partial charge in [0.1, 0.15) is 11.6 Å². The molecule has 4 atom stereocenters. The number of alkyl carbamates (subject to hydrolysis) is 1. The third-order valence-corrected chi connectivity index (χ3v) is 4.81. The van der Waals surface area contributed by atoms with E-state index in [9.17, 15) is 19.2 Å². The summed E-state index contributed by atoms with van der Waals surface area (Å²) in [4.78, 5) is 49.6. The maximum atomic E-state index is 12.6. The lowest BCUT2D eigenvalue weighted by atomic mass is 10.1. The number of rotatable bonds is 9. The van der Waals surface area contributed by atoms with Gasteiger partial charge in [-0.2, -0.15) is 0 Å². The van der Waals surface area contributed by atoms with Crippen LogP contribution in [-0.4, -0.2) is 55.6 Å². The number of amides is 2. The molecule has 1 aliphatic rings. The molecule has 0 aromatic heterocycles. The van der Waals surface area contributed by atoms with Crippen molar-refractivity contribution in [2.45, 2.75) is 46.3 Å². The summed E-state index contributed by atoms with van der Waals surface area (Å²) in [5.41, 5.74) is -0.237. The van der Waals surface area contributed by atoms with Crippen molar-refractivity contribution in [3.05, 3.63) is 30.3 Å². The maximum absolute atomic E-state index is 12.6. The van der Waals surface area contributed by atoms with E-state index in [4.69, 9.17) is 18.9 Å². The summed E-state index contributed by atoms with van der Waals surface area (Å²) in [5, 5.41) is 5.09. The van der Waals surface area contributed by atoms with Crippen LogP contribution in [0.2, 0.25) is 0 Å². The Labute approximate surface area is 193 Å². The minimum absolute atomic E-state index is 0.0861. The molecule has 0 aliphatic heterocycles. The quantitative estimate of drug-likeness (QED) is 0.421. The first-order chi connectivity index (χ1) is 15.6. The molecule has 1 aromatic carbocycles. The summed E-state index contributed by atoms with van der Waals surface area (Å²) in [6.45, 7) is 8.43.